The van der Waals surface area contributed by atoms with Gasteiger partial charge in [0.25, 0.3) is 5.91 Å². The molecule has 0 spiro atoms. The van der Waals surface area contributed by atoms with Crippen LogP contribution in [0.15, 0.2) is 48.5 Å². The molecule has 2 aromatic carbocycles. The number of hydrogen-bond acceptors (Lipinski definition) is 4. The molecule has 22 heavy (non-hydrogen) atoms. The highest BCUT2D eigenvalue weighted by Crippen LogP contribution is 2.34. The van der Waals surface area contributed by atoms with Crippen molar-refractivity contribution in [1.82, 2.24) is 0 Å². The van der Waals surface area contributed by atoms with Crippen molar-refractivity contribution < 1.29 is 19.0 Å². The first kappa shape index (κ1) is 14.3. The standard InChI is InChI=1S/C17H17NO4/c1-11-16(22-15-10-6-5-9-14(15)21-11)17(19)18-12-7-3-4-8-13(12)20-2/h3-11,16H,1-2H3,(H,18,19)/t11-,16-/m0/s1. The predicted molar refractivity (Wildman–Crippen MR) is 82.6 cm³/mol. The molecule has 1 amide bonds. The average Bonchev–Trinajstić information content (AvgIpc) is 2.54. The monoisotopic (exact) mass is 299 g/mol. The second-order valence-corrected chi connectivity index (χ2v) is 5.00. The molecule has 2 aromatic rings. The normalized spacial score (nSPS) is 19.4. The highest BCUT2D eigenvalue weighted by molar-refractivity contribution is 5.96. The van der Waals surface area contributed by atoms with Crippen molar-refractivity contribution in [3.8, 4) is 17.2 Å². The zero-order chi connectivity index (χ0) is 15.5. The quantitative estimate of drug-likeness (QED) is 0.947. The van der Waals surface area contributed by atoms with Gasteiger partial charge in [0.1, 0.15) is 11.9 Å². The van der Waals surface area contributed by atoms with Crippen LogP contribution in [0.1, 0.15) is 6.92 Å². The lowest BCUT2D eigenvalue weighted by Crippen LogP contribution is -2.46. The molecule has 0 radical (unpaired) electrons. The van der Waals surface area contributed by atoms with Gasteiger partial charge in [0.15, 0.2) is 11.5 Å². The zero-order valence-corrected chi connectivity index (χ0v) is 12.4. The SMILES string of the molecule is COc1ccccc1NC(=O)[C@H]1Oc2ccccc2O[C@H]1C. The largest absolute Gasteiger partial charge is 0.495 e. The molecule has 1 N–H and O–H groups in total. The van der Waals surface area contributed by atoms with E-state index in [4.69, 9.17) is 14.2 Å². The summed E-state index contributed by atoms with van der Waals surface area (Å²) in [6.07, 6.45) is -1.11. The van der Waals surface area contributed by atoms with Gasteiger partial charge in [-0.1, -0.05) is 24.3 Å². The van der Waals surface area contributed by atoms with Crippen molar-refractivity contribution in [2.45, 2.75) is 19.1 Å². The smallest absolute Gasteiger partial charge is 0.269 e. The molecular weight excluding hydrogens is 282 g/mol. The Kier molecular flexibility index (Phi) is 3.87. The lowest BCUT2D eigenvalue weighted by molar-refractivity contribution is -0.128. The van der Waals surface area contributed by atoms with Gasteiger partial charge >= 0.3 is 0 Å². The number of fused-ring (bicyclic) bond motifs is 1. The average molecular weight is 299 g/mol. The van der Waals surface area contributed by atoms with Crippen LogP contribution < -0.4 is 19.5 Å². The molecule has 0 saturated carbocycles. The Morgan fingerprint density at radius 3 is 2.41 bits per heavy atom. The Balaban J connectivity index is 1.78. The van der Waals surface area contributed by atoms with Crippen molar-refractivity contribution in [3.05, 3.63) is 48.5 Å². The summed E-state index contributed by atoms with van der Waals surface area (Å²) in [5.41, 5.74) is 0.602. The minimum atomic E-state index is -0.722. The van der Waals surface area contributed by atoms with Crippen molar-refractivity contribution in [2.24, 2.45) is 0 Å². The number of hydrogen-bond donors (Lipinski definition) is 1. The van der Waals surface area contributed by atoms with E-state index < -0.39 is 6.10 Å². The number of rotatable bonds is 3. The van der Waals surface area contributed by atoms with Gasteiger partial charge in [0.2, 0.25) is 6.10 Å². The maximum absolute atomic E-state index is 12.5. The molecule has 1 aliphatic heterocycles. The Morgan fingerprint density at radius 1 is 1.05 bits per heavy atom. The first-order chi connectivity index (χ1) is 10.7. The van der Waals surface area contributed by atoms with E-state index in [1.807, 2.05) is 37.3 Å². The van der Waals surface area contributed by atoms with Gasteiger partial charge in [-0.2, -0.15) is 0 Å². The maximum Gasteiger partial charge on any atom is 0.269 e. The Morgan fingerprint density at radius 2 is 1.68 bits per heavy atom. The van der Waals surface area contributed by atoms with Crippen LogP contribution in [0.3, 0.4) is 0 Å². The lowest BCUT2D eigenvalue weighted by atomic mass is 10.1. The number of para-hydroxylation sites is 4. The number of carbonyl (C=O) groups excluding carboxylic acids is 1. The summed E-state index contributed by atoms with van der Waals surface area (Å²) in [7, 11) is 1.56. The van der Waals surface area contributed by atoms with Crippen LogP contribution in [0.4, 0.5) is 5.69 Å². The van der Waals surface area contributed by atoms with Gasteiger partial charge in [0.05, 0.1) is 12.8 Å². The molecule has 114 valence electrons. The van der Waals surface area contributed by atoms with Crippen LogP contribution in [-0.4, -0.2) is 25.2 Å². The van der Waals surface area contributed by atoms with E-state index in [0.29, 0.717) is 22.9 Å². The molecule has 1 aliphatic rings. The van der Waals surface area contributed by atoms with Gasteiger partial charge in [-0.3, -0.25) is 4.79 Å². The van der Waals surface area contributed by atoms with Crippen molar-refractivity contribution in [3.63, 3.8) is 0 Å². The first-order valence-electron chi connectivity index (χ1n) is 7.05. The maximum atomic E-state index is 12.5. The molecule has 0 unspecified atom stereocenters. The highest BCUT2D eigenvalue weighted by atomic mass is 16.6. The van der Waals surface area contributed by atoms with E-state index in [2.05, 4.69) is 5.32 Å². The summed E-state index contributed by atoms with van der Waals surface area (Å²) in [4.78, 5) is 12.5. The molecule has 0 bridgehead atoms. The fourth-order valence-corrected chi connectivity index (χ4v) is 2.36. The molecule has 3 rings (SSSR count). The van der Waals surface area contributed by atoms with Crippen LogP contribution in [0.25, 0.3) is 0 Å². The van der Waals surface area contributed by atoms with E-state index in [0.717, 1.165) is 0 Å². The second kappa shape index (κ2) is 5.97. The first-order valence-corrected chi connectivity index (χ1v) is 7.05. The number of methoxy groups -OCH3 is 1. The predicted octanol–water partition coefficient (Wildman–Crippen LogP) is 2.86. The third-order valence-electron chi connectivity index (χ3n) is 3.47. The lowest BCUT2D eigenvalue weighted by Gasteiger charge is -2.31. The van der Waals surface area contributed by atoms with E-state index in [-0.39, 0.29) is 12.0 Å². The Labute approximate surface area is 128 Å². The van der Waals surface area contributed by atoms with Gasteiger partial charge in [0, 0.05) is 0 Å². The summed E-state index contributed by atoms with van der Waals surface area (Å²) in [5.74, 6) is 1.55. The van der Waals surface area contributed by atoms with Gasteiger partial charge in [-0.05, 0) is 31.2 Å². The minimum Gasteiger partial charge on any atom is -0.495 e. The zero-order valence-electron chi connectivity index (χ0n) is 12.4. The third-order valence-corrected chi connectivity index (χ3v) is 3.47. The van der Waals surface area contributed by atoms with Crippen LogP contribution >= 0.6 is 0 Å². The summed E-state index contributed by atoms with van der Waals surface area (Å²) >= 11 is 0. The summed E-state index contributed by atoms with van der Waals surface area (Å²) in [6, 6.07) is 14.5. The van der Waals surface area contributed by atoms with Crippen LogP contribution in [-0.2, 0) is 4.79 Å². The number of anilines is 1. The fraction of sp³-hybridized carbons (Fsp3) is 0.235. The summed E-state index contributed by atoms with van der Waals surface area (Å²) in [5, 5.41) is 2.82. The van der Waals surface area contributed by atoms with E-state index in [1.165, 1.54) is 0 Å². The van der Waals surface area contributed by atoms with Crippen LogP contribution in [0.5, 0.6) is 17.2 Å². The number of benzene rings is 2. The number of nitrogens with one attached hydrogen (secondary N) is 1. The van der Waals surface area contributed by atoms with Crippen molar-refractivity contribution in [2.75, 3.05) is 12.4 Å². The second-order valence-electron chi connectivity index (χ2n) is 5.00. The molecule has 0 aliphatic carbocycles. The summed E-state index contributed by atoms with van der Waals surface area (Å²) < 4.78 is 16.7. The van der Waals surface area contributed by atoms with Crippen molar-refractivity contribution in [1.29, 1.82) is 0 Å². The molecule has 0 saturated heterocycles. The third kappa shape index (κ3) is 2.70. The highest BCUT2D eigenvalue weighted by Gasteiger charge is 2.34. The molecule has 5 heteroatoms. The number of carbonyl (C=O) groups is 1. The summed E-state index contributed by atoms with van der Waals surface area (Å²) in [6.45, 7) is 1.81. The number of amides is 1. The molecule has 0 aromatic heterocycles. The molecular formula is C17H17NO4. The Hall–Kier alpha value is -2.69. The fourth-order valence-electron chi connectivity index (χ4n) is 2.36. The van der Waals surface area contributed by atoms with Gasteiger partial charge in [-0.15, -0.1) is 0 Å². The van der Waals surface area contributed by atoms with E-state index in [9.17, 15) is 4.79 Å². The van der Waals surface area contributed by atoms with Crippen LogP contribution in [0.2, 0.25) is 0 Å². The van der Waals surface area contributed by atoms with Gasteiger partial charge in [-0.25, -0.2) is 0 Å². The molecule has 5 nitrogen and oxygen atoms in total. The van der Waals surface area contributed by atoms with Crippen LogP contribution in [0, 0.1) is 0 Å². The molecule has 1 heterocycles. The topological polar surface area (TPSA) is 56.8 Å². The Bertz CT molecular complexity index is 686. The van der Waals surface area contributed by atoms with Gasteiger partial charge < -0.3 is 19.5 Å². The minimum absolute atomic E-state index is 0.272. The number of ether oxygens (including phenoxy) is 3. The van der Waals surface area contributed by atoms with E-state index in [1.54, 1.807) is 25.3 Å². The van der Waals surface area contributed by atoms with E-state index >= 15 is 0 Å². The molecule has 2 atom stereocenters. The van der Waals surface area contributed by atoms with Crippen molar-refractivity contribution >= 4 is 11.6 Å². The molecule has 0 fully saturated rings.